The van der Waals surface area contributed by atoms with Gasteiger partial charge < -0.3 is 9.84 Å². The van der Waals surface area contributed by atoms with Crippen LogP contribution in [0.1, 0.15) is 22.8 Å². The second-order valence-electron chi connectivity index (χ2n) is 2.79. The molecule has 76 valence electrons. The Bertz CT molecular complexity index is 361. The number of carbonyl (C=O) groups excluding carboxylic acids is 1. The zero-order valence-electron chi connectivity index (χ0n) is 8.00. The molecule has 0 amide bonds. The molecule has 1 N–H and O–H groups in total. The Labute approximate surface area is 90.8 Å². The van der Waals surface area contributed by atoms with Crippen LogP contribution in [0.2, 0.25) is 0 Å². The van der Waals surface area contributed by atoms with Crippen LogP contribution in [-0.4, -0.2) is 17.7 Å². The zero-order valence-corrected chi connectivity index (χ0v) is 9.59. The molecule has 0 saturated heterocycles. The zero-order chi connectivity index (χ0) is 10.7. The lowest BCUT2D eigenvalue weighted by atomic mass is 10.1. The van der Waals surface area contributed by atoms with Crippen LogP contribution in [0.3, 0.4) is 0 Å². The van der Waals surface area contributed by atoms with Gasteiger partial charge in [-0.2, -0.15) is 0 Å². The number of phenols is 1. The Balaban J connectivity index is 3.18. The highest BCUT2D eigenvalue weighted by Crippen LogP contribution is 2.27. The quantitative estimate of drug-likeness (QED) is 0.830. The first-order valence-electron chi connectivity index (χ1n) is 4.23. The van der Waals surface area contributed by atoms with E-state index in [2.05, 4.69) is 15.9 Å². The molecular weight excluding hydrogens is 248 g/mol. The Hall–Kier alpha value is -1.03. The highest BCUT2D eigenvalue weighted by atomic mass is 79.9. The predicted molar refractivity (Wildman–Crippen MR) is 56.5 cm³/mol. The van der Waals surface area contributed by atoms with Gasteiger partial charge in [0, 0.05) is 4.47 Å². The topological polar surface area (TPSA) is 46.5 Å². The number of benzene rings is 1. The van der Waals surface area contributed by atoms with Crippen LogP contribution in [0.5, 0.6) is 5.75 Å². The number of ether oxygens (including phenoxy) is 1. The number of aromatic hydroxyl groups is 1. The second-order valence-corrected chi connectivity index (χ2v) is 3.64. The molecule has 0 aromatic heterocycles. The third-order valence-corrected chi connectivity index (χ3v) is 2.72. The van der Waals surface area contributed by atoms with Crippen LogP contribution in [0.15, 0.2) is 16.6 Å². The SMILES string of the molecule is CCOC(=O)c1c(O)ccc(Br)c1C. The lowest BCUT2D eigenvalue weighted by Crippen LogP contribution is -2.07. The molecule has 0 heterocycles. The van der Waals surface area contributed by atoms with Gasteiger partial charge in [-0.15, -0.1) is 0 Å². The number of carbonyl (C=O) groups is 1. The van der Waals surface area contributed by atoms with E-state index in [1.807, 2.05) is 0 Å². The van der Waals surface area contributed by atoms with Gasteiger partial charge in [-0.25, -0.2) is 4.79 Å². The standard InChI is InChI=1S/C10H11BrO3/c1-3-14-10(13)9-6(2)7(11)4-5-8(9)12/h4-5,12H,3H2,1-2H3. The highest BCUT2D eigenvalue weighted by molar-refractivity contribution is 9.10. The maximum atomic E-state index is 11.4. The van der Waals surface area contributed by atoms with Crippen molar-refractivity contribution in [3.8, 4) is 5.75 Å². The van der Waals surface area contributed by atoms with Crippen molar-refractivity contribution in [3.63, 3.8) is 0 Å². The first-order valence-corrected chi connectivity index (χ1v) is 5.02. The van der Waals surface area contributed by atoms with E-state index in [1.165, 1.54) is 6.07 Å². The van der Waals surface area contributed by atoms with Gasteiger partial charge in [0.25, 0.3) is 0 Å². The van der Waals surface area contributed by atoms with Crippen LogP contribution in [-0.2, 0) is 4.74 Å². The third kappa shape index (κ3) is 2.07. The maximum absolute atomic E-state index is 11.4. The molecule has 0 radical (unpaired) electrons. The molecule has 3 nitrogen and oxygen atoms in total. The summed E-state index contributed by atoms with van der Waals surface area (Å²) in [6.07, 6.45) is 0. The molecule has 0 saturated carbocycles. The van der Waals surface area contributed by atoms with E-state index < -0.39 is 5.97 Å². The fourth-order valence-electron chi connectivity index (χ4n) is 1.13. The van der Waals surface area contributed by atoms with Gasteiger partial charge >= 0.3 is 5.97 Å². The van der Waals surface area contributed by atoms with Crippen LogP contribution >= 0.6 is 15.9 Å². The van der Waals surface area contributed by atoms with E-state index in [-0.39, 0.29) is 11.3 Å². The summed E-state index contributed by atoms with van der Waals surface area (Å²) in [6, 6.07) is 3.15. The van der Waals surface area contributed by atoms with Crippen molar-refractivity contribution < 1.29 is 14.6 Å². The van der Waals surface area contributed by atoms with E-state index in [4.69, 9.17) is 4.74 Å². The van der Waals surface area contributed by atoms with Gasteiger partial charge in [0.1, 0.15) is 11.3 Å². The van der Waals surface area contributed by atoms with E-state index in [1.54, 1.807) is 19.9 Å². The fraction of sp³-hybridized carbons (Fsp3) is 0.300. The first kappa shape index (κ1) is 11.0. The first-order chi connectivity index (χ1) is 6.57. The summed E-state index contributed by atoms with van der Waals surface area (Å²) < 4.78 is 5.60. The smallest absolute Gasteiger partial charge is 0.342 e. The summed E-state index contributed by atoms with van der Waals surface area (Å²) in [4.78, 5) is 11.4. The Morgan fingerprint density at radius 2 is 2.21 bits per heavy atom. The molecule has 0 aliphatic carbocycles. The summed E-state index contributed by atoms with van der Waals surface area (Å²) in [5.74, 6) is -0.548. The van der Waals surface area contributed by atoms with E-state index in [0.717, 1.165) is 4.47 Å². The van der Waals surface area contributed by atoms with Crippen molar-refractivity contribution in [1.29, 1.82) is 0 Å². The summed E-state index contributed by atoms with van der Waals surface area (Å²) in [5.41, 5.74) is 0.907. The number of halogens is 1. The maximum Gasteiger partial charge on any atom is 0.342 e. The van der Waals surface area contributed by atoms with Gasteiger partial charge in [0.15, 0.2) is 0 Å². The number of esters is 1. The second kappa shape index (κ2) is 4.46. The minimum atomic E-state index is -0.496. The summed E-state index contributed by atoms with van der Waals surface area (Å²) in [7, 11) is 0. The Kier molecular flexibility index (Phi) is 3.52. The van der Waals surface area contributed by atoms with Crippen LogP contribution in [0, 0.1) is 6.92 Å². The summed E-state index contributed by atoms with van der Waals surface area (Å²) >= 11 is 3.28. The van der Waals surface area contributed by atoms with Gasteiger partial charge in [-0.3, -0.25) is 0 Å². The van der Waals surface area contributed by atoms with E-state index in [9.17, 15) is 9.90 Å². The van der Waals surface area contributed by atoms with E-state index in [0.29, 0.717) is 12.2 Å². The van der Waals surface area contributed by atoms with Crippen LogP contribution < -0.4 is 0 Å². The monoisotopic (exact) mass is 258 g/mol. The van der Waals surface area contributed by atoms with Gasteiger partial charge in [0.2, 0.25) is 0 Å². The molecule has 1 aromatic rings. The molecule has 1 aromatic carbocycles. The molecule has 1 rings (SSSR count). The van der Waals surface area contributed by atoms with Crippen molar-refractivity contribution in [3.05, 3.63) is 27.7 Å². The largest absolute Gasteiger partial charge is 0.507 e. The van der Waals surface area contributed by atoms with Crippen molar-refractivity contribution in [1.82, 2.24) is 0 Å². The molecule has 0 unspecified atom stereocenters. The molecule has 0 aliphatic rings. The molecule has 0 spiro atoms. The average Bonchev–Trinajstić information content (AvgIpc) is 2.13. The average molecular weight is 259 g/mol. The lowest BCUT2D eigenvalue weighted by molar-refractivity contribution is 0.0522. The van der Waals surface area contributed by atoms with Crippen molar-refractivity contribution in [2.75, 3.05) is 6.61 Å². The molecule has 0 atom stereocenters. The number of hydrogen-bond donors (Lipinski definition) is 1. The predicted octanol–water partition coefficient (Wildman–Crippen LogP) is 2.64. The molecule has 0 bridgehead atoms. The minimum Gasteiger partial charge on any atom is -0.507 e. The molecule has 14 heavy (non-hydrogen) atoms. The van der Waals surface area contributed by atoms with Crippen LogP contribution in [0.25, 0.3) is 0 Å². The fourth-order valence-corrected chi connectivity index (χ4v) is 1.46. The van der Waals surface area contributed by atoms with Crippen molar-refractivity contribution >= 4 is 21.9 Å². The van der Waals surface area contributed by atoms with Crippen molar-refractivity contribution in [2.45, 2.75) is 13.8 Å². The summed E-state index contributed by atoms with van der Waals surface area (Å²) in [6.45, 7) is 3.77. The number of rotatable bonds is 2. The summed E-state index contributed by atoms with van der Waals surface area (Å²) in [5, 5.41) is 9.49. The molecular formula is C10H11BrO3. The van der Waals surface area contributed by atoms with Crippen LogP contribution in [0.4, 0.5) is 0 Å². The minimum absolute atomic E-state index is 0.0517. The lowest BCUT2D eigenvalue weighted by Gasteiger charge is -2.08. The molecule has 4 heteroatoms. The van der Waals surface area contributed by atoms with E-state index >= 15 is 0 Å². The van der Waals surface area contributed by atoms with Gasteiger partial charge in [0.05, 0.1) is 6.61 Å². The Morgan fingerprint density at radius 1 is 1.57 bits per heavy atom. The number of phenolic OH excluding ortho intramolecular Hbond substituents is 1. The third-order valence-electron chi connectivity index (χ3n) is 1.86. The molecule has 0 aliphatic heterocycles. The van der Waals surface area contributed by atoms with Crippen molar-refractivity contribution in [2.24, 2.45) is 0 Å². The normalized spacial score (nSPS) is 9.93. The molecule has 0 fully saturated rings. The number of hydrogen-bond acceptors (Lipinski definition) is 3. The highest BCUT2D eigenvalue weighted by Gasteiger charge is 2.16. The van der Waals surface area contributed by atoms with Gasteiger partial charge in [-0.05, 0) is 31.5 Å². The Morgan fingerprint density at radius 3 is 2.79 bits per heavy atom. The van der Waals surface area contributed by atoms with Gasteiger partial charge in [-0.1, -0.05) is 15.9 Å².